The molecule has 1 aliphatic rings. The number of aliphatic hydroxyl groups excluding tert-OH is 1. The summed E-state index contributed by atoms with van der Waals surface area (Å²) >= 11 is 0. The third kappa shape index (κ3) is 6.79. The molecule has 0 saturated heterocycles. The topological polar surface area (TPSA) is 105 Å². The first-order chi connectivity index (χ1) is 18.1. The molecule has 10 heteroatoms. The molecule has 1 saturated carbocycles. The largest absolute Gasteiger partial charge is 0.390 e. The highest BCUT2D eigenvalue weighted by Gasteiger charge is 2.35. The van der Waals surface area contributed by atoms with Gasteiger partial charge in [0.2, 0.25) is 0 Å². The van der Waals surface area contributed by atoms with Gasteiger partial charge < -0.3 is 15.7 Å². The Morgan fingerprint density at radius 2 is 1.82 bits per heavy atom. The van der Waals surface area contributed by atoms with E-state index in [1.807, 2.05) is 0 Å². The van der Waals surface area contributed by atoms with Crippen molar-refractivity contribution in [1.82, 2.24) is 30.8 Å². The Morgan fingerprint density at radius 1 is 1.11 bits per heavy atom. The molecule has 2 unspecified atom stereocenters. The Labute approximate surface area is 221 Å². The average molecular weight is 527 g/mol. The monoisotopic (exact) mass is 526 g/mol. The lowest BCUT2D eigenvalue weighted by atomic mass is 9.74. The van der Waals surface area contributed by atoms with E-state index < -0.39 is 29.8 Å². The molecule has 204 valence electrons. The number of rotatable bonds is 8. The van der Waals surface area contributed by atoms with Crippen molar-refractivity contribution in [2.45, 2.75) is 82.4 Å². The summed E-state index contributed by atoms with van der Waals surface area (Å²) in [7, 11) is 0. The summed E-state index contributed by atoms with van der Waals surface area (Å²) in [4.78, 5) is 12.7. The van der Waals surface area contributed by atoms with Crippen LogP contribution >= 0.6 is 0 Å². The molecular weight excluding hydrogens is 490 g/mol. The molecule has 1 heterocycles. The van der Waals surface area contributed by atoms with E-state index >= 15 is 0 Å². The van der Waals surface area contributed by atoms with Crippen molar-refractivity contribution in [3.05, 3.63) is 77.1 Å². The predicted octanol–water partition coefficient (Wildman–Crippen LogP) is 4.23. The van der Waals surface area contributed by atoms with E-state index in [0.29, 0.717) is 5.56 Å². The van der Waals surface area contributed by atoms with Crippen molar-refractivity contribution in [3.63, 3.8) is 0 Å². The molecule has 0 aliphatic heterocycles. The third-order valence-corrected chi connectivity index (χ3v) is 7.35. The molecule has 38 heavy (non-hydrogen) atoms. The summed E-state index contributed by atoms with van der Waals surface area (Å²) in [6.07, 6.45) is 5.20. The fourth-order valence-electron chi connectivity index (χ4n) is 5.19. The number of carbonyl (C=O) groups is 1. The maximum Gasteiger partial charge on any atom is 0.345 e. The number of nitrogens with zero attached hydrogens (tertiary/aromatic N) is 4. The van der Waals surface area contributed by atoms with E-state index in [2.05, 4.69) is 71.2 Å². The molecule has 4 rings (SSSR count). The Kier molecular flexibility index (Phi) is 8.52. The van der Waals surface area contributed by atoms with Gasteiger partial charge >= 0.3 is 6.03 Å². The number of hydrogen-bond donors (Lipinski definition) is 3. The Morgan fingerprint density at radius 3 is 2.45 bits per heavy atom. The fourth-order valence-corrected chi connectivity index (χ4v) is 5.19. The molecule has 1 fully saturated rings. The number of halogens is 2. The van der Waals surface area contributed by atoms with Crippen molar-refractivity contribution in [1.29, 1.82) is 0 Å². The van der Waals surface area contributed by atoms with Crippen LogP contribution in [0.3, 0.4) is 0 Å². The lowest BCUT2D eigenvalue weighted by Gasteiger charge is -2.41. The minimum atomic E-state index is -1.06. The van der Waals surface area contributed by atoms with Gasteiger partial charge in [-0.3, -0.25) is 0 Å². The van der Waals surface area contributed by atoms with Crippen LogP contribution in [0.15, 0.2) is 48.8 Å². The van der Waals surface area contributed by atoms with Crippen molar-refractivity contribution in [3.8, 4) is 0 Å². The van der Waals surface area contributed by atoms with Gasteiger partial charge in [-0.25, -0.2) is 13.6 Å². The second-order valence-electron chi connectivity index (χ2n) is 11.2. The van der Waals surface area contributed by atoms with Gasteiger partial charge in [0.25, 0.3) is 0 Å². The minimum absolute atomic E-state index is 0.00277. The maximum absolute atomic E-state index is 13.9. The first kappa shape index (κ1) is 27.8. The van der Waals surface area contributed by atoms with Gasteiger partial charge in [0.1, 0.15) is 18.0 Å². The first-order valence-electron chi connectivity index (χ1n) is 13.1. The smallest absolute Gasteiger partial charge is 0.345 e. The summed E-state index contributed by atoms with van der Waals surface area (Å²) in [5, 5.41) is 28.2. The summed E-state index contributed by atoms with van der Waals surface area (Å²) < 4.78 is 28.7. The maximum atomic E-state index is 13.9. The van der Waals surface area contributed by atoms with Gasteiger partial charge in [-0.15, -0.1) is 9.78 Å². The SMILES string of the molecule is CC(C)(C)c1cccc(C2(NCC(O)C(Cc3cc(F)cc(F)c3)NC(=O)n3cnnn3)CCCCC2)c1. The van der Waals surface area contributed by atoms with Crippen molar-refractivity contribution >= 4 is 6.03 Å². The lowest BCUT2D eigenvalue weighted by Crippen LogP contribution is -2.54. The predicted molar refractivity (Wildman–Crippen MR) is 140 cm³/mol. The minimum Gasteiger partial charge on any atom is -0.390 e. The van der Waals surface area contributed by atoms with Crippen LogP contribution in [-0.4, -0.2) is 50.0 Å². The summed E-state index contributed by atoms with van der Waals surface area (Å²) in [6, 6.07) is 10.3. The first-order valence-corrected chi connectivity index (χ1v) is 13.1. The van der Waals surface area contributed by atoms with Gasteiger partial charge in [0, 0.05) is 18.2 Å². The van der Waals surface area contributed by atoms with Gasteiger partial charge in [-0.2, -0.15) is 0 Å². The Balaban J connectivity index is 1.56. The molecule has 3 N–H and O–H groups in total. The van der Waals surface area contributed by atoms with Crippen LogP contribution in [0.4, 0.5) is 13.6 Å². The van der Waals surface area contributed by atoms with E-state index in [0.717, 1.165) is 49.2 Å². The van der Waals surface area contributed by atoms with E-state index in [1.54, 1.807) is 0 Å². The van der Waals surface area contributed by atoms with Crippen LogP contribution in [0.25, 0.3) is 0 Å². The molecule has 0 spiro atoms. The van der Waals surface area contributed by atoms with Crippen LogP contribution < -0.4 is 10.6 Å². The molecule has 1 amide bonds. The number of amides is 1. The normalized spacial score (nSPS) is 17.1. The molecular formula is C28H36F2N6O2. The molecule has 0 bridgehead atoms. The highest BCUT2D eigenvalue weighted by Crippen LogP contribution is 2.38. The van der Waals surface area contributed by atoms with Gasteiger partial charge in [-0.05, 0) is 63.9 Å². The summed E-state index contributed by atoms with van der Waals surface area (Å²) in [5.74, 6) is -1.45. The van der Waals surface area contributed by atoms with Crippen LogP contribution in [0.5, 0.6) is 0 Å². The van der Waals surface area contributed by atoms with E-state index in [-0.39, 0.29) is 23.9 Å². The zero-order valence-corrected chi connectivity index (χ0v) is 22.1. The highest BCUT2D eigenvalue weighted by molar-refractivity contribution is 5.75. The molecule has 1 aromatic heterocycles. The van der Waals surface area contributed by atoms with Crippen molar-refractivity contribution < 1.29 is 18.7 Å². The van der Waals surface area contributed by atoms with E-state index in [1.165, 1.54) is 23.3 Å². The second-order valence-corrected chi connectivity index (χ2v) is 11.2. The standard InChI is InChI=1S/C28H36F2N6O2/c1-27(2,3)20-8-7-9-21(15-20)28(10-5-4-6-11-28)31-17-25(37)24(33-26(38)36-18-32-34-35-36)14-19-12-22(29)16-23(30)13-19/h7-9,12-13,15-16,18,24-25,31,37H,4-6,10-11,14,17H2,1-3H3,(H,33,38). The highest BCUT2D eigenvalue weighted by atomic mass is 19.1. The summed E-state index contributed by atoms with van der Waals surface area (Å²) in [6.45, 7) is 6.72. The van der Waals surface area contributed by atoms with E-state index in [9.17, 15) is 18.7 Å². The molecule has 1 aliphatic carbocycles. The van der Waals surface area contributed by atoms with Gasteiger partial charge in [0.15, 0.2) is 0 Å². The third-order valence-electron chi connectivity index (χ3n) is 7.35. The molecule has 2 atom stereocenters. The number of nitrogens with one attached hydrogen (secondary N) is 2. The molecule has 8 nitrogen and oxygen atoms in total. The molecule has 0 radical (unpaired) electrons. The van der Waals surface area contributed by atoms with Crippen LogP contribution in [0.1, 0.15) is 69.6 Å². The number of tetrazole rings is 1. The summed E-state index contributed by atoms with van der Waals surface area (Å²) in [5.41, 5.74) is 2.40. The second kappa shape index (κ2) is 11.7. The van der Waals surface area contributed by atoms with Gasteiger partial charge in [-0.1, -0.05) is 64.3 Å². The lowest BCUT2D eigenvalue weighted by molar-refractivity contribution is 0.105. The van der Waals surface area contributed by atoms with E-state index in [4.69, 9.17) is 0 Å². The number of hydrogen-bond acceptors (Lipinski definition) is 6. The number of aliphatic hydroxyl groups is 1. The quantitative estimate of drug-likeness (QED) is 0.380. The zero-order valence-electron chi connectivity index (χ0n) is 22.1. The van der Waals surface area contributed by atoms with Crippen LogP contribution in [-0.2, 0) is 17.4 Å². The Bertz CT molecular complexity index is 1200. The van der Waals surface area contributed by atoms with Crippen molar-refractivity contribution in [2.24, 2.45) is 0 Å². The van der Waals surface area contributed by atoms with Crippen LogP contribution in [0.2, 0.25) is 0 Å². The average Bonchev–Trinajstić information content (AvgIpc) is 3.42. The van der Waals surface area contributed by atoms with Gasteiger partial charge in [0.05, 0.1) is 12.1 Å². The van der Waals surface area contributed by atoms with Crippen molar-refractivity contribution in [2.75, 3.05) is 6.54 Å². The Hall–Kier alpha value is -3.24. The number of benzene rings is 2. The van der Waals surface area contributed by atoms with Crippen LogP contribution in [0, 0.1) is 11.6 Å². The number of aromatic nitrogens is 4. The fraction of sp³-hybridized carbons (Fsp3) is 0.500. The zero-order chi connectivity index (χ0) is 27.3. The number of carbonyl (C=O) groups excluding carboxylic acids is 1. The molecule has 3 aromatic rings. The molecule has 2 aromatic carbocycles.